The van der Waals surface area contributed by atoms with Crippen LogP contribution in [0.1, 0.15) is 50.3 Å². The topological polar surface area (TPSA) is 66.9 Å². The second-order valence-electron chi connectivity index (χ2n) is 7.02. The molecule has 6 heteroatoms. The van der Waals surface area contributed by atoms with Gasteiger partial charge in [0.05, 0.1) is 25.0 Å². The molecule has 1 aromatic carbocycles. The van der Waals surface area contributed by atoms with Crippen LogP contribution in [-0.2, 0) is 19.1 Å². The number of nitrogens with zero attached hydrogens (tertiary/aromatic N) is 2. The second-order valence-corrected chi connectivity index (χ2v) is 7.02. The van der Waals surface area contributed by atoms with Crippen LogP contribution in [-0.4, -0.2) is 47.3 Å². The Kier molecular flexibility index (Phi) is 5.94. The molecule has 2 atom stereocenters. The Labute approximate surface area is 159 Å². The number of hydrogen-bond donors (Lipinski definition) is 0. The number of piperidine rings is 1. The quantitative estimate of drug-likeness (QED) is 0.765. The largest absolute Gasteiger partial charge is 0.466 e. The summed E-state index contributed by atoms with van der Waals surface area (Å²) >= 11 is 0. The number of likely N-dealkylation sites (tertiary alicyclic amines) is 1. The number of ether oxygens (including phenoxy) is 1. The number of rotatable bonds is 4. The van der Waals surface area contributed by atoms with E-state index in [4.69, 9.17) is 4.74 Å². The normalized spacial score (nSPS) is 21.6. The Hall–Kier alpha value is -2.63. The summed E-state index contributed by atoms with van der Waals surface area (Å²) in [6, 6.07) is 7.49. The number of esters is 1. The molecule has 0 bridgehead atoms. The van der Waals surface area contributed by atoms with E-state index in [0.29, 0.717) is 19.7 Å². The lowest BCUT2D eigenvalue weighted by molar-refractivity contribution is -0.151. The van der Waals surface area contributed by atoms with Crippen molar-refractivity contribution < 1.29 is 19.1 Å². The molecule has 1 fully saturated rings. The van der Waals surface area contributed by atoms with Gasteiger partial charge in [0, 0.05) is 26.2 Å². The van der Waals surface area contributed by atoms with E-state index in [-0.39, 0.29) is 36.2 Å². The van der Waals surface area contributed by atoms with Gasteiger partial charge in [-0.05, 0) is 37.0 Å². The predicted octanol–water partition coefficient (Wildman–Crippen LogP) is 2.75. The number of amides is 2. The average molecular weight is 370 g/mol. The molecular formula is C21H26N2O4. The van der Waals surface area contributed by atoms with Crippen molar-refractivity contribution >= 4 is 23.9 Å². The Morgan fingerprint density at radius 1 is 1.22 bits per heavy atom. The lowest BCUT2D eigenvalue weighted by Crippen LogP contribution is -2.44. The maximum Gasteiger partial charge on any atom is 0.310 e. The maximum atomic E-state index is 13.0. The van der Waals surface area contributed by atoms with Gasteiger partial charge in [-0.25, -0.2) is 0 Å². The van der Waals surface area contributed by atoms with Gasteiger partial charge in [0.2, 0.25) is 11.8 Å². The van der Waals surface area contributed by atoms with Crippen LogP contribution < -0.4 is 0 Å². The van der Waals surface area contributed by atoms with E-state index in [1.165, 1.54) is 6.92 Å². The molecule has 2 aliphatic rings. The van der Waals surface area contributed by atoms with E-state index >= 15 is 0 Å². The van der Waals surface area contributed by atoms with Crippen LogP contribution in [0, 0.1) is 5.92 Å². The van der Waals surface area contributed by atoms with Crippen LogP contribution in [0.25, 0.3) is 6.08 Å². The van der Waals surface area contributed by atoms with Gasteiger partial charge < -0.3 is 14.5 Å². The minimum Gasteiger partial charge on any atom is -0.466 e. The zero-order valence-corrected chi connectivity index (χ0v) is 15.9. The van der Waals surface area contributed by atoms with E-state index in [2.05, 4.69) is 0 Å². The summed E-state index contributed by atoms with van der Waals surface area (Å²) in [6.07, 6.45) is 5.39. The highest BCUT2D eigenvalue weighted by atomic mass is 16.5. The summed E-state index contributed by atoms with van der Waals surface area (Å²) in [5, 5.41) is 0. The van der Waals surface area contributed by atoms with Gasteiger partial charge in [0.15, 0.2) is 0 Å². The predicted molar refractivity (Wildman–Crippen MR) is 101 cm³/mol. The minimum absolute atomic E-state index is 0.0367. The molecule has 3 rings (SSSR count). The van der Waals surface area contributed by atoms with Gasteiger partial charge >= 0.3 is 5.97 Å². The standard InChI is InChI=1S/C21H26N2O4/c1-3-27-21(26)17-8-6-11-22(14-17)20(25)13-19-18-9-5-4-7-16(18)10-12-23(19)15(2)24/h4-5,7,9-10,12,17,19H,3,6,8,11,13-14H2,1-2H3. The third-order valence-corrected chi connectivity index (χ3v) is 5.23. The first kappa shape index (κ1) is 19.1. The van der Waals surface area contributed by atoms with Crippen molar-refractivity contribution in [1.82, 2.24) is 9.80 Å². The first-order chi connectivity index (χ1) is 13.0. The van der Waals surface area contributed by atoms with Gasteiger partial charge in [0.25, 0.3) is 0 Å². The second kappa shape index (κ2) is 8.37. The highest BCUT2D eigenvalue weighted by Crippen LogP contribution is 2.33. The van der Waals surface area contributed by atoms with Crippen molar-refractivity contribution in [2.45, 2.75) is 39.2 Å². The molecule has 0 spiro atoms. The average Bonchev–Trinajstić information content (AvgIpc) is 2.68. The van der Waals surface area contributed by atoms with Crippen LogP contribution in [0.3, 0.4) is 0 Å². The zero-order chi connectivity index (χ0) is 19.4. The van der Waals surface area contributed by atoms with Crippen molar-refractivity contribution in [2.75, 3.05) is 19.7 Å². The molecule has 2 heterocycles. The molecule has 27 heavy (non-hydrogen) atoms. The Morgan fingerprint density at radius 3 is 2.74 bits per heavy atom. The van der Waals surface area contributed by atoms with E-state index in [1.54, 1.807) is 22.9 Å². The molecule has 2 unspecified atom stereocenters. The fourth-order valence-corrected chi connectivity index (χ4v) is 3.86. The number of benzene rings is 1. The number of carbonyl (C=O) groups is 3. The molecule has 0 radical (unpaired) electrons. The van der Waals surface area contributed by atoms with Crippen LogP contribution in [0.5, 0.6) is 0 Å². The lowest BCUT2D eigenvalue weighted by atomic mass is 9.92. The molecular weight excluding hydrogens is 344 g/mol. The summed E-state index contributed by atoms with van der Waals surface area (Å²) in [5.41, 5.74) is 2.00. The Balaban J connectivity index is 1.74. The van der Waals surface area contributed by atoms with Crippen molar-refractivity contribution in [3.8, 4) is 0 Å². The third kappa shape index (κ3) is 4.21. The smallest absolute Gasteiger partial charge is 0.310 e. The number of hydrogen-bond acceptors (Lipinski definition) is 4. The van der Waals surface area contributed by atoms with E-state index in [9.17, 15) is 14.4 Å². The summed E-state index contributed by atoms with van der Waals surface area (Å²) in [5.74, 6) is -0.622. The zero-order valence-electron chi connectivity index (χ0n) is 15.9. The summed E-state index contributed by atoms with van der Waals surface area (Å²) in [6.45, 7) is 4.67. The van der Waals surface area contributed by atoms with Crippen LogP contribution in [0.2, 0.25) is 0 Å². The van der Waals surface area contributed by atoms with Gasteiger partial charge in [-0.15, -0.1) is 0 Å². The van der Waals surface area contributed by atoms with Crippen LogP contribution in [0.4, 0.5) is 0 Å². The molecule has 0 aromatic heterocycles. The highest BCUT2D eigenvalue weighted by Gasteiger charge is 2.33. The summed E-state index contributed by atoms with van der Waals surface area (Å²) < 4.78 is 5.12. The molecule has 1 saturated heterocycles. The third-order valence-electron chi connectivity index (χ3n) is 5.23. The molecule has 2 amide bonds. The fourth-order valence-electron chi connectivity index (χ4n) is 3.86. The van der Waals surface area contributed by atoms with Crippen molar-refractivity contribution in [3.63, 3.8) is 0 Å². The molecule has 6 nitrogen and oxygen atoms in total. The van der Waals surface area contributed by atoms with Crippen molar-refractivity contribution in [1.29, 1.82) is 0 Å². The molecule has 144 valence electrons. The molecule has 0 N–H and O–H groups in total. The molecule has 2 aliphatic heterocycles. The molecule has 1 aromatic rings. The van der Waals surface area contributed by atoms with Gasteiger partial charge in [0.1, 0.15) is 0 Å². The minimum atomic E-state index is -0.320. The van der Waals surface area contributed by atoms with Gasteiger partial charge in [-0.3, -0.25) is 14.4 Å². The van der Waals surface area contributed by atoms with Crippen LogP contribution >= 0.6 is 0 Å². The first-order valence-corrected chi connectivity index (χ1v) is 9.51. The highest BCUT2D eigenvalue weighted by molar-refractivity contribution is 5.82. The lowest BCUT2D eigenvalue weighted by Gasteiger charge is -2.36. The Bertz CT molecular complexity index is 758. The van der Waals surface area contributed by atoms with E-state index in [0.717, 1.165) is 24.0 Å². The summed E-state index contributed by atoms with van der Waals surface area (Å²) in [7, 11) is 0. The molecule has 0 saturated carbocycles. The number of carbonyl (C=O) groups excluding carboxylic acids is 3. The SMILES string of the molecule is CCOC(=O)C1CCCN(C(=O)CC2c3ccccc3C=CN2C(C)=O)C1. The van der Waals surface area contributed by atoms with E-state index in [1.807, 2.05) is 30.3 Å². The monoisotopic (exact) mass is 370 g/mol. The molecule has 0 aliphatic carbocycles. The van der Waals surface area contributed by atoms with E-state index < -0.39 is 0 Å². The fraction of sp³-hybridized carbons (Fsp3) is 0.476. The maximum absolute atomic E-state index is 13.0. The van der Waals surface area contributed by atoms with Crippen molar-refractivity contribution in [3.05, 3.63) is 41.6 Å². The number of fused-ring (bicyclic) bond motifs is 1. The van der Waals surface area contributed by atoms with Gasteiger partial charge in [-0.2, -0.15) is 0 Å². The van der Waals surface area contributed by atoms with Gasteiger partial charge in [-0.1, -0.05) is 24.3 Å². The van der Waals surface area contributed by atoms with Crippen molar-refractivity contribution in [2.24, 2.45) is 5.92 Å². The Morgan fingerprint density at radius 2 is 2.00 bits per heavy atom. The first-order valence-electron chi connectivity index (χ1n) is 9.51. The van der Waals surface area contributed by atoms with Crippen LogP contribution in [0.15, 0.2) is 30.5 Å². The summed E-state index contributed by atoms with van der Waals surface area (Å²) in [4.78, 5) is 40.5.